The molecule has 0 N–H and O–H groups in total. The van der Waals surface area contributed by atoms with Gasteiger partial charge in [0.05, 0.1) is 0 Å². The summed E-state index contributed by atoms with van der Waals surface area (Å²) in [6, 6.07) is 7.87. The van der Waals surface area contributed by atoms with Crippen LogP contribution in [0.5, 0.6) is 0 Å². The molecule has 2 rings (SSSR count). The summed E-state index contributed by atoms with van der Waals surface area (Å²) in [5.41, 5.74) is 0.324. The van der Waals surface area contributed by atoms with Crippen molar-refractivity contribution in [2.75, 3.05) is 18.0 Å². The summed E-state index contributed by atoms with van der Waals surface area (Å²) in [6.45, 7) is -1.74. The van der Waals surface area contributed by atoms with Gasteiger partial charge in [0.2, 0.25) is 0 Å². The fraction of sp³-hybridized carbons (Fsp3) is 0.400. The normalized spacial score (nSPS) is 23.1. The van der Waals surface area contributed by atoms with Crippen molar-refractivity contribution in [3.05, 3.63) is 30.3 Å². The Morgan fingerprint density at radius 3 is 1.94 bits per heavy atom. The second-order valence-corrected chi connectivity index (χ2v) is 3.57. The van der Waals surface area contributed by atoms with Crippen LogP contribution in [0, 0.1) is 0 Å². The van der Waals surface area contributed by atoms with Crippen molar-refractivity contribution in [2.24, 2.45) is 0 Å². The second kappa shape index (κ2) is 3.62. The molecule has 6 heteroatoms. The van der Waals surface area contributed by atoms with Gasteiger partial charge in [-0.05, 0) is 12.1 Å². The lowest BCUT2D eigenvalue weighted by molar-refractivity contribution is -0.380. The number of alkyl halides is 4. The maximum atomic E-state index is 12.9. The van der Waals surface area contributed by atoms with E-state index in [9.17, 15) is 17.6 Å². The van der Waals surface area contributed by atoms with Gasteiger partial charge in [-0.2, -0.15) is 17.6 Å². The predicted octanol–water partition coefficient (Wildman–Crippen LogP) is 2.71. The lowest BCUT2D eigenvalue weighted by Gasteiger charge is -2.38. The first-order chi connectivity index (χ1) is 7.38. The van der Waals surface area contributed by atoms with E-state index in [1.165, 1.54) is 12.1 Å². The molecule has 1 aromatic rings. The van der Waals surface area contributed by atoms with E-state index < -0.39 is 25.3 Å². The third-order valence-electron chi connectivity index (χ3n) is 2.17. The molecule has 0 amide bonds. The van der Waals surface area contributed by atoms with Crippen molar-refractivity contribution in [3.63, 3.8) is 0 Å². The van der Waals surface area contributed by atoms with Gasteiger partial charge in [-0.15, -0.1) is 0 Å². The number of morpholine rings is 1. The lowest BCUT2D eigenvalue weighted by atomic mass is 10.2. The van der Waals surface area contributed by atoms with Gasteiger partial charge < -0.3 is 4.90 Å². The highest BCUT2D eigenvalue weighted by atomic mass is 19.3. The van der Waals surface area contributed by atoms with Gasteiger partial charge in [-0.3, -0.25) is 4.74 Å². The number of rotatable bonds is 1. The number of halogens is 4. The van der Waals surface area contributed by atoms with Crippen LogP contribution in [0.15, 0.2) is 30.3 Å². The van der Waals surface area contributed by atoms with Gasteiger partial charge in [-0.25, -0.2) is 0 Å². The Kier molecular flexibility index (Phi) is 2.53. The zero-order chi connectivity index (χ0) is 11.8. The quantitative estimate of drug-likeness (QED) is 0.694. The lowest BCUT2D eigenvalue weighted by Crippen LogP contribution is -2.55. The molecular formula is C10H9F4NO. The van der Waals surface area contributed by atoms with E-state index in [0.29, 0.717) is 5.69 Å². The van der Waals surface area contributed by atoms with Crippen LogP contribution in [-0.4, -0.2) is 25.3 Å². The highest BCUT2D eigenvalue weighted by Gasteiger charge is 2.51. The van der Waals surface area contributed by atoms with E-state index in [1.54, 1.807) is 18.2 Å². The van der Waals surface area contributed by atoms with Crippen LogP contribution < -0.4 is 4.90 Å². The average Bonchev–Trinajstić information content (AvgIpc) is 2.14. The maximum absolute atomic E-state index is 12.9. The van der Waals surface area contributed by atoms with Crippen molar-refractivity contribution in [3.8, 4) is 0 Å². The standard InChI is InChI=1S/C10H9F4NO/c11-9(12)6-15(7-10(13,14)16-9)8-4-2-1-3-5-8/h1-5H,6-7H2. The molecule has 1 aromatic carbocycles. The third-order valence-corrected chi connectivity index (χ3v) is 2.17. The molecule has 1 aliphatic rings. The van der Waals surface area contributed by atoms with Crippen LogP contribution in [0.2, 0.25) is 0 Å². The molecule has 1 aliphatic heterocycles. The molecular weight excluding hydrogens is 226 g/mol. The first-order valence-electron chi connectivity index (χ1n) is 4.64. The zero-order valence-corrected chi connectivity index (χ0v) is 8.17. The summed E-state index contributed by atoms with van der Waals surface area (Å²) in [5, 5.41) is 0. The van der Waals surface area contributed by atoms with E-state index in [0.717, 1.165) is 4.90 Å². The summed E-state index contributed by atoms with van der Waals surface area (Å²) in [5.74, 6) is 0. The molecule has 0 aromatic heterocycles. The first-order valence-corrected chi connectivity index (χ1v) is 4.64. The van der Waals surface area contributed by atoms with E-state index in [-0.39, 0.29) is 0 Å². The molecule has 0 aliphatic carbocycles. The van der Waals surface area contributed by atoms with Crippen molar-refractivity contribution in [1.82, 2.24) is 0 Å². The smallest absolute Gasteiger partial charge is 0.354 e. The Bertz CT molecular complexity index is 352. The molecule has 1 saturated heterocycles. The molecule has 0 bridgehead atoms. The molecule has 0 saturated carbocycles. The van der Waals surface area contributed by atoms with Crippen molar-refractivity contribution in [2.45, 2.75) is 12.2 Å². The topological polar surface area (TPSA) is 12.5 Å². The minimum absolute atomic E-state index is 0.324. The Morgan fingerprint density at radius 2 is 1.44 bits per heavy atom. The summed E-state index contributed by atoms with van der Waals surface area (Å²) in [6.07, 6.45) is -7.67. The summed E-state index contributed by atoms with van der Waals surface area (Å²) < 4.78 is 55.0. The Balaban J connectivity index is 2.23. The number of benzene rings is 1. The van der Waals surface area contributed by atoms with Crippen molar-refractivity contribution >= 4 is 5.69 Å². The largest absolute Gasteiger partial charge is 0.377 e. The van der Waals surface area contributed by atoms with Gasteiger partial charge in [-0.1, -0.05) is 18.2 Å². The molecule has 1 heterocycles. The average molecular weight is 235 g/mol. The van der Waals surface area contributed by atoms with E-state index in [2.05, 4.69) is 4.74 Å². The van der Waals surface area contributed by atoms with Crippen LogP contribution in [0.1, 0.15) is 0 Å². The summed E-state index contributed by atoms with van der Waals surface area (Å²) >= 11 is 0. The SMILES string of the molecule is FC1(F)CN(c2ccccc2)CC(F)(F)O1. The van der Waals surface area contributed by atoms with Crippen LogP contribution in [-0.2, 0) is 4.74 Å². The Labute approximate surface area is 89.4 Å². The Morgan fingerprint density at radius 1 is 0.938 bits per heavy atom. The number of nitrogens with zero attached hydrogens (tertiary/aromatic N) is 1. The molecule has 1 fully saturated rings. The highest BCUT2D eigenvalue weighted by molar-refractivity contribution is 5.46. The molecule has 2 nitrogen and oxygen atoms in total. The molecule has 0 atom stereocenters. The van der Waals surface area contributed by atoms with Crippen LogP contribution in [0.25, 0.3) is 0 Å². The van der Waals surface area contributed by atoms with Gasteiger partial charge >= 0.3 is 12.2 Å². The van der Waals surface area contributed by atoms with Gasteiger partial charge in [0.1, 0.15) is 13.1 Å². The molecule has 88 valence electrons. The minimum atomic E-state index is -3.84. The molecule has 0 radical (unpaired) electrons. The highest BCUT2D eigenvalue weighted by Crippen LogP contribution is 2.35. The first kappa shape index (κ1) is 11.2. The monoisotopic (exact) mass is 235 g/mol. The minimum Gasteiger partial charge on any atom is -0.354 e. The molecule has 16 heavy (non-hydrogen) atoms. The fourth-order valence-electron chi connectivity index (χ4n) is 1.60. The third kappa shape index (κ3) is 2.44. The van der Waals surface area contributed by atoms with Crippen LogP contribution in [0.3, 0.4) is 0 Å². The number of anilines is 1. The summed E-state index contributed by atoms with van der Waals surface area (Å²) in [7, 11) is 0. The fourth-order valence-corrected chi connectivity index (χ4v) is 1.60. The van der Waals surface area contributed by atoms with Gasteiger partial charge in [0, 0.05) is 5.69 Å². The molecule has 0 unspecified atom stereocenters. The number of ether oxygens (including phenoxy) is 1. The van der Waals surface area contributed by atoms with Crippen molar-refractivity contribution < 1.29 is 22.3 Å². The summed E-state index contributed by atoms with van der Waals surface area (Å²) in [4.78, 5) is 0.906. The van der Waals surface area contributed by atoms with Gasteiger partial charge in [0.25, 0.3) is 0 Å². The second-order valence-electron chi connectivity index (χ2n) is 3.57. The zero-order valence-electron chi connectivity index (χ0n) is 8.17. The van der Waals surface area contributed by atoms with Crippen LogP contribution in [0.4, 0.5) is 23.2 Å². The Hall–Kier alpha value is -1.30. The van der Waals surface area contributed by atoms with Crippen LogP contribution >= 0.6 is 0 Å². The number of para-hydroxylation sites is 1. The predicted molar refractivity (Wildman–Crippen MR) is 49.6 cm³/mol. The van der Waals surface area contributed by atoms with E-state index in [4.69, 9.17) is 0 Å². The van der Waals surface area contributed by atoms with Gasteiger partial charge in [0.15, 0.2) is 0 Å². The maximum Gasteiger partial charge on any atom is 0.377 e. The molecule has 0 spiro atoms. The van der Waals surface area contributed by atoms with E-state index in [1.807, 2.05) is 0 Å². The van der Waals surface area contributed by atoms with Crippen molar-refractivity contribution in [1.29, 1.82) is 0 Å². The van der Waals surface area contributed by atoms with E-state index >= 15 is 0 Å². The number of hydrogen-bond donors (Lipinski definition) is 0. The number of hydrogen-bond acceptors (Lipinski definition) is 2.